The lowest BCUT2D eigenvalue weighted by Crippen LogP contribution is -2.32. The van der Waals surface area contributed by atoms with E-state index in [1.807, 2.05) is 11.0 Å². The molecule has 0 saturated carbocycles. The highest BCUT2D eigenvalue weighted by Gasteiger charge is 2.14. The van der Waals surface area contributed by atoms with Crippen molar-refractivity contribution in [2.75, 3.05) is 30.3 Å². The molecule has 2 aromatic carbocycles. The first-order valence-electron chi connectivity index (χ1n) is 9.32. The fourth-order valence-corrected chi connectivity index (χ4v) is 3.11. The fourth-order valence-electron chi connectivity index (χ4n) is 2.77. The third kappa shape index (κ3) is 6.43. The number of nitrogens with one attached hydrogen (secondary N) is 2. The van der Waals surface area contributed by atoms with Gasteiger partial charge in [-0.25, -0.2) is 0 Å². The molecule has 0 heterocycles. The van der Waals surface area contributed by atoms with Gasteiger partial charge in [0, 0.05) is 29.4 Å². The second kappa shape index (κ2) is 10.9. The summed E-state index contributed by atoms with van der Waals surface area (Å²) in [5.74, 6) is -0.262. The van der Waals surface area contributed by atoms with Gasteiger partial charge in [0.2, 0.25) is 5.91 Å². The van der Waals surface area contributed by atoms with Crippen molar-refractivity contribution in [3.8, 4) is 0 Å². The van der Waals surface area contributed by atoms with Crippen molar-refractivity contribution >= 4 is 46.4 Å². The van der Waals surface area contributed by atoms with Crippen molar-refractivity contribution < 1.29 is 9.59 Å². The standard InChI is InChI=1S/C21H25Cl2N3O2/c1-3-10-26(11-4-2)21(28)15-6-5-7-17(12-15)24-14-20(27)25-19-13-16(22)8-9-18(19)23/h5-9,12-13,24H,3-4,10-11,14H2,1-2H3,(H,25,27). The van der Waals surface area contributed by atoms with Crippen LogP contribution in [0.2, 0.25) is 10.0 Å². The number of amides is 2. The van der Waals surface area contributed by atoms with Gasteiger partial charge in [-0.05, 0) is 49.2 Å². The highest BCUT2D eigenvalue weighted by atomic mass is 35.5. The predicted octanol–water partition coefficient (Wildman–Crippen LogP) is 5.31. The van der Waals surface area contributed by atoms with Gasteiger partial charge in [0.05, 0.1) is 17.3 Å². The topological polar surface area (TPSA) is 61.4 Å². The van der Waals surface area contributed by atoms with Crippen LogP contribution in [0.3, 0.4) is 0 Å². The minimum atomic E-state index is -0.264. The van der Waals surface area contributed by atoms with Gasteiger partial charge in [0.1, 0.15) is 0 Å². The van der Waals surface area contributed by atoms with E-state index in [9.17, 15) is 9.59 Å². The van der Waals surface area contributed by atoms with Crippen molar-refractivity contribution in [1.29, 1.82) is 0 Å². The number of nitrogens with zero attached hydrogens (tertiary/aromatic N) is 1. The van der Waals surface area contributed by atoms with Crippen molar-refractivity contribution in [1.82, 2.24) is 4.90 Å². The lowest BCUT2D eigenvalue weighted by molar-refractivity contribution is -0.114. The van der Waals surface area contributed by atoms with Gasteiger partial charge in [0.15, 0.2) is 0 Å². The summed E-state index contributed by atoms with van der Waals surface area (Å²) in [4.78, 5) is 26.8. The largest absolute Gasteiger partial charge is 0.376 e. The maximum atomic E-state index is 12.7. The van der Waals surface area contributed by atoms with E-state index in [0.717, 1.165) is 25.9 Å². The number of hydrogen-bond acceptors (Lipinski definition) is 3. The predicted molar refractivity (Wildman–Crippen MR) is 117 cm³/mol. The molecule has 2 aromatic rings. The summed E-state index contributed by atoms with van der Waals surface area (Å²) in [5, 5.41) is 6.66. The third-order valence-corrected chi connectivity index (χ3v) is 4.60. The van der Waals surface area contributed by atoms with E-state index in [1.165, 1.54) is 0 Å². The molecule has 0 aliphatic heterocycles. The molecule has 5 nitrogen and oxygen atoms in total. The number of rotatable bonds is 9. The number of carbonyl (C=O) groups is 2. The van der Waals surface area contributed by atoms with E-state index in [0.29, 0.717) is 27.0 Å². The first-order valence-corrected chi connectivity index (χ1v) is 10.1. The van der Waals surface area contributed by atoms with Crippen LogP contribution in [0.1, 0.15) is 37.0 Å². The second-order valence-electron chi connectivity index (χ2n) is 6.40. The van der Waals surface area contributed by atoms with Gasteiger partial charge < -0.3 is 15.5 Å². The Morgan fingerprint density at radius 3 is 2.39 bits per heavy atom. The molecule has 0 spiro atoms. The molecular formula is C21H25Cl2N3O2. The molecule has 0 unspecified atom stereocenters. The van der Waals surface area contributed by atoms with Gasteiger partial charge in [-0.2, -0.15) is 0 Å². The molecule has 2 rings (SSSR count). The van der Waals surface area contributed by atoms with Gasteiger partial charge >= 0.3 is 0 Å². The number of carbonyl (C=O) groups excluding carboxylic acids is 2. The average Bonchev–Trinajstić information content (AvgIpc) is 2.69. The van der Waals surface area contributed by atoms with Crippen molar-refractivity contribution in [2.24, 2.45) is 0 Å². The van der Waals surface area contributed by atoms with Gasteiger partial charge in [-0.3, -0.25) is 9.59 Å². The summed E-state index contributed by atoms with van der Waals surface area (Å²) in [6, 6.07) is 12.0. The van der Waals surface area contributed by atoms with E-state index in [4.69, 9.17) is 23.2 Å². The Morgan fingerprint density at radius 2 is 1.71 bits per heavy atom. The van der Waals surface area contributed by atoms with Gasteiger partial charge in [-0.1, -0.05) is 43.1 Å². The molecule has 0 bridgehead atoms. The zero-order valence-electron chi connectivity index (χ0n) is 16.1. The molecule has 0 radical (unpaired) electrons. The molecule has 28 heavy (non-hydrogen) atoms. The molecule has 2 amide bonds. The number of hydrogen-bond donors (Lipinski definition) is 2. The minimum absolute atomic E-state index is 0.00232. The van der Waals surface area contributed by atoms with Crippen molar-refractivity contribution in [3.63, 3.8) is 0 Å². The van der Waals surface area contributed by atoms with Crippen LogP contribution in [0, 0.1) is 0 Å². The van der Waals surface area contributed by atoms with Crippen molar-refractivity contribution in [2.45, 2.75) is 26.7 Å². The van der Waals surface area contributed by atoms with Gasteiger partial charge in [0.25, 0.3) is 5.91 Å². The minimum Gasteiger partial charge on any atom is -0.376 e. The van der Waals surface area contributed by atoms with Gasteiger partial charge in [-0.15, -0.1) is 0 Å². The molecule has 0 aromatic heterocycles. The van der Waals surface area contributed by atoms with Crippen LogP contribution in [0.4, 0.5) is 11.4 Å². The maximum absolute atomic E-state index is 12.7. The number of halogens is 2. The van der Waals surface area contributed by atoms with Crippen molar-refractivity contribution in [3.05, 3.63) is 58.1 Å². The molecule has 2 N–H and O–H groups in total. The highest BCUT2D eigenvalue weighted by Crippen LogP contribution is 2.25. The number of benzene rings is 2. The second-order valence-corrected chi connectivity index (χ2v) is 7.24. The molecule has 7 heteroatoms. The van der Waals surface area contributed by atoms with Crippen LogP contribution in [0.5, 0.6) is 0 Å². The van der Waals surface area contributed by atoms with Crippen LogP contribution in [0.15, 0.2) is 42.5 Å². The Morgan fingerprint density at radius 1 is 1.00 bits per heavy atom. The Labute approximate surface area is 176 Å². The molecule has 0 atom stereocenters. The summed E-state index contributed by atoms with van der Waals surface area (Å²) in [5.41, 5.74) is 1.76. The van der Waals surface area contributed by atoms with E-state index in [2.05, 4.69) is 24.5 Å². The van der Waals surface area contributed by atoms with E-state index in [-0.39, 0.29) is 18.4 Å². The normalized spacial score (nSPS) is 10.4. The fraction of sp³-hybridized carbons (Fsp3) is 0.333. The zero-order chi connectivity index (χ0) is 20.5. The van der Waals surface area contributed by atoms with E-state index in [1.54, 1.807) is 36.4 Å². The lowest BCUT2D eigenvalue weighted by Gasteiger charge is -2.21. The molecule has 0 fully saturated rings. The highest BCUT2D eigenvalue weighted by molar-refractivity contribution is 6.35. The molecule has 150 valence electrons. The third-order valence-electron chi connectivity index (χ3n) is 4.04. The Kier molecular flexibility index (Phi) is 8.61. The molecule has 0 aliphatic carbocycles. The van der Waals surface area contributed by atoms with Crippen LogP contribution in [0.25, 0.3) is 0 Å². The summed E-state index contributed by atoms with van der Waals surface area (Å²) in [6.07, 6.45) is 1.83. The summed E-state index contributed by atoms with van der Waals surface area (Å²) < 4.78 is 0. The Bertz CT molecular complexity index is 821. The van der Waals surface area contributed by atoms with Crippen LogP contribution >= 0.6 is 23.2 Å². The maximum Gasteiger partial charge on any atom is 0.253 e. The lowest BCUT2D eigenvalue weighted by atomic mass is 10.1. The smallest absolute Gasteiger partial charge is 0.253 e. The first-order chi connectivity index (χ1) is 13.4. The number of anilines is 2. The van der Waals surface area contributed by atoms with E-state index < -0.39 is 0 Å². The zero-order valence-corrected chi connectivity index (χ0v) is 17.6. The van der Waals surface area contributed by atoms with Crippen LogP contribution < -0.4 is 10.6 Å². The van der Waals surface area contributed by atoms with Crippen LogP contribution in [-0.2, 0) is 4.79 Å². The Hall–Kier alpha value is -2.24. The quantitative estimate of drug-likeness (QED) is 0.576. The molecule has 0 aliphatic rings. The molecule has 0 saturated heterocycles. The Balaban J connectivity index is 1.99. The first kappa shape index (κ1) is 22.1. The summed E-state index contributed by atoms with van der Waals surface area (Å²) >= 11 is 12.0. The summed E-state index contributed by atoms with van der Waals surface area (Å²) in [7, 11) is 0. The monoisotopic (exact) mass is 421 g/mol. The summed E-state index contributed by atoms with van der Waals surface area (Å²) in [6.45, 7) is 5.60. The molecular weight excluding hydrogens is 397 g/mol. The average molecular weight is 422 g/mol. The van der Waals surface area contributed by atoms with E-state index >= 15 is 0 Å². The SMILES string of the molecule is CCCN(CCC)C(=O)c1cccc(NCC(=O)Nc2cc(Cl)ccc2Cl)c1. The van der Waals surface area contributed by atoms with Crippen LogP contribution in [-0.4, -0.2) is 36.3 Å².